The molecule has 74 valence electrons. The molecule has 1 aliphatic rings. The Bertz CT molecular complexity index is 374. The molecular formula is C11H13NO2. The molecule has 0 saturated carbocycles. The number of hydrogen-bond donors (Lipinski definition) is 1. The lowest BCUT2D eigenvalue weighted by atomic mass is 10.1. The minimum absolute atomic E-state index is 0.0504. The van der Waals surface area contributed by atoms with Gasteiger partial charge in [0.25, 0.3) is 5.91 Å². The van der Waals surface area contributed by atoms with E-state index in [1.165, 1.54) is 0 Å². The second-order valence-electron chi connectivity index (χ2n) is 3.50. The summed E-state index contributed by atoms with van der Waals surface area (Å²) in [6, 6.07) is 5.79. The first kappa shape index (κ1) is 9.06. The quantitative estimate of drug-likeness (QED) is 0.738. The first-order valence-electron chi connectivity index (χ1n) is 4.79. The number of anilines is 1. The molecule has 1 aromatic rings. The summed E-state index contributed by atoms with van der Waals surface area (Å²) in [4.78, 5) is 11.5. The van der Waals surface area contributed by atoms with Crippen molar-refractivity contribution >= 4 is 11.6 Å². The van der Waals surface area contributed by atoms with Crippen molar-refractivity contribution in [2.24, 2.45) is 0 Å². The second-order valence-corrected chi connectivity index (χ2v) is 3.50. The maximum atomic E-state index is 11.5. The van der Waals surface area contributed by atoms with E-state index in [9.17, 15) is 4.79 Å². The summed E-state index contributed by atoms with van der Waals surface area (Å²) in [6.07, 6.45) is 0.351. The SMILES string of the molecule is CC[C@H]1Oc2ccc(C)cc2NC1=O. The summed E-state index contributed by atoms with van der Waals surface area (Å²) in [5.41, 5.74) is 1.89. The number of nitrogens with one attached hydrogen (secondary N) is 1. The number of carbonyl (C=O) groups excluding carboxylic acids is 1. The van der Waals surface area contributed by atoms with Crippen LogP contribution in [-0.2, 0) is 4.79 Å². The van der Waals surface area contributed by atoms with Crippen LogP contribution >= 0.6 is 0 Å². The van der Waals surface area contributed by atoms with Crippen LogP contribution in [0, 0.1) is 6.92 Å². The van der Waals surface area contributed by atoms with Gasteiger partial charge in [-0.25, -0.2) is 0 Å². The predicted molar refractivity (Wildman–Crippen MR) is 54.5 cm³/mol. The number of carbonyl (C=O) groups is 1. The zero-order valence-corrected chi connectivity index (χ0v) is 8.33. The molecule has 1 heterocycles. The van der Waals surface area contributed by atoms with E-state index in [-0.39, 0.29) is 12.0 Å². The van der Waals surface area contributed by atoms with Crippen molar-refractivity contribution in [3.8, 4) is 5.75 Å². The van der Waals surface area contributed by atoms with Gasteiger partial charge in [0.05, 0.1) is 5.69 Å². The Morgan fingerprint density at radius 2 is 2.29 bits per heavy atom. The molecule has 0 fully saturated rings. The van der Waals surface area contributed by atoms with Gasteiger partial charge in [-0.15, -0.1) is 0 Å². The van der Waals surface area contributed by atoms with Crippen LogP contribution < -0.4 is 10.1 Å². The summed E-state index contributed by atoms with van der Waals surface area (Å²) in [6.45, 7) is 3.92. The fourth-order valence-corrected chi connectivity index (χ4v) is 1.53. The third-order valence-corrected chi connectivity index (χ3v) is 2.33. The molecule has 3 heteroatoms. The molecule has 0 unspecified atom stereocenters. The smallest absolute Gasteiger partial charge is 0.265 e. The largest absolute Gasteiger partial charge is 0.478 e. The number of aryl methyl sites for hydroxylation is 1. The molecule has 0 aliphatic carbocycles. The fraction of sp³-hybridized carbons (Fsp3) is 0.364. The number of benzene rings is 1. The van der Waals surface area contributed by atoms with Gasteiger partial charge in [-0.1, -0.05) is 13.0 Å². The molecule has 1 atom stereocenters. The Hall–Kier alpha value is -1.51. The number of rotatable bonds is 1. The zero-order valence-electron chi connectivity index (χ0n) is 8.33. The van der Waals surface area contributed by atoms with Gasteiger partial charge >= 0.3 is 0 Å². The van der Waals surface area contributed by atoms with Gasteiger partial charge in [0.15, 0.2) is 6.10 Å². The molecule has 2 rings (SSSR count). The average molecular weight is 191 g/mol. The summed E-state index contributed by atoms with van der Waals surface area (Å²) >= 11 is 0. The van der Waals surface area contributed by atoms with Gasteiger partial charge < -0.3 is 10.1 Å². The Kier molecular flexibility index (Phi) is 2.15. The van der Waals surface area contributed by atoms with Gasteiger partial charge in [0, 0.05) is 0 Å². The van der Waals surface area contributed by atoms with Crippen molar-refractivity contribution in [3.63, 3.8) is 0 Å². The molecule has 1 amide bonds. The lowest BCUT2D eigenvalue weighted by Gasteiger charge is -2.25. The van der Waals surface area contributed by atoms with Gasteiger partial charge in [-0.2, -0.15) is 0 Å². The molecule has 1 aliphatic heterocycles. The molecular weight excluding hydrogens is 178 g/mol. The van der Waals surface area contributed by atoms with Crippen molar-refractivity contribution in [1.29, 1.82) is 0 Å². The second kappa shape index (κ2) is 3.33. The average Bonchev–Trinajstić information content (AvgIpc) is 2.16. The standard InChI is InChI=1S/C11H13NO2/c1-3-9-11(13)12-8-6-7(2)4-5-10(8)14-9/h4-6,9H,3H2,1-2H3,(H,12,13)/t9-/m1/s1. The molecule has 14 heavy (non-hydrogen) atoms. The minimum Gasteiger partial charge on any atom is -0.478 e. The molecule has 0 bridgehead atoms. The van der Waals surface area contributed by atoms with Crippen LogP contribution in [0.25, 0.3) is 0 Å². The fourth-order valence-electron chi connectivity index (χ4n) is 1.53. The Labute approximate surface area is 83.1 Å². The third kappa shape index (κ3) is 1.45. The van der Waals surface area contributed by atoms with Crippen molar-refractivity contribution in [1.82, 2.24) is 0 Å². The molecule has 1 N–H and O–H groups in total. The van der Waals surface area contributed by atoms with Crippen LogP contribution in [0.1, 0.15) is 18.9 Å². The monoisotopic (exact) mass is 191 g/mol. The van der Waals surface area contributed by atoms with Crippen LogP contribution in [0.5, 0.6) is 5.75 Å². The number of ether oxygens (including phenoxy) is 1. The summed E-state index contributed by atoms with van der Waals surface area (Å²) < 4.78 is 5.54. The Balaban J connectivity index is 2.35. The maximum Gasteiger partial charge on any atom is 0.265 e. The van der Waals surface area contributed by atoms with E-state index >= 15 is 0 Å². The van der Waals surface area contributed by atoms with E-state index in [0.29, 0.717) is 6.42 Å². The van der Waals surface area contributed by atoms with Gasteiger partial charge in [-0.3, -0.25) is 4.79 Å². The van der Waals surface area contributed by atoms with E-state index in [2.05, 4.69) is 5.32 Å². The third-order valence-electron chi connectivity index (χ3n) is 2.33. The molecule has 3 nitrogen and oxygen atoms in total. The lowest BCUT2D eigenvalue weighted by molar-refractivity contribution is -0.123. The highest BCUT2D eigenvalue weighted by Crippen LogP contribution is 2.30. The maximum absolute atomic E-state index is 11.5. The van der Waals surface area contributed by atoms with Crippen molar-refractivity contribution in [2.75, 3.05) is 5.32 Å². The normalized spacial score (nSPS) is 19.6. The van der Waals surface area contributed by atoms with E-state index in [1.807, 2.05) is 32.0 Å². The van der Waals surface area contributed by atoms with Crippen LogP contribution in [0.15, 0.2) is 18.2 Å². The highest BCUT2D eigenvalue weighted by Gasteiger charge is 2.25. The van der Waals surface area contributed by atoms with Crippen molar-refractivity contribution in [3.05, 3.63) is 23.8 Å². The van der Waals surface area contributed by atoms with Crippen LogP contribution in [0.3, 0.4) is 0 Å². The molecule has 1 aromatic carbocycles. The number of fused-ring (bicyclic) bond motifs is 1. The Morgan fingerprint density at radius 3 is 3.00 bits per heavy atom. The lowest BCUT2D eigenvalue weighted by Crippen LogP contribution is -2.36. The van der Waals surface area contributed by atoms with Crippen molar-refractivity contribution in [2.45, 2.75) is 26.4 Å². The predicted octanol–water partition coefficient (Wildman–Crippen LogP) is 2.10. The topological polar surface area (TPSA) is 38.3 Å². The molecule has 0 spiro atoms. The van der Waals surface area contributed by atoms with E-state index in [1.54, 1.807) is 0 Å². The van der Waals surface area contributed by atoms with E-state index in [4.69, 9.17) is 4.74 Å². The molecule has 0 aromatic heterocycles. The molecule has 0 radical (unpaired) electrons. The van der Waals surface area contributed by atoms with Gasteiger partial charge in [0.1, 0.15) is 5.75 Å². The number of hydrogen-bond acceptors (Lipinski definition) is 2. The highest BCUT2D eigenvalue weighted by molar-refractivity contribution is 5.97. The van der Waals surface area contributed by atoms with E-state index < -0.39 is 0 Å². The molecule has 0 saturated heterocycles. The summed E-state index contributed by atoms with van der Waals surface area (Å²) in [5.74, 6) is 0.715. The van der Waals surface area contributed by atoms with Crippen LogP contribution in [0.4, 0.5) is 5.69 Å². The van der Waals surface area contributed by atoms with Gasteiger partial charge in [-0.05, 0) is 31.0 Å². The highest BCUT2D eigenvalue weighted by atomic mass is 16.5. The first-order chi connectivity index (χ1) is 6.70. The summed E-state index contributed by atoms with van der Waals surface area (Å²) in [5, 5.41) is 2.84. The van der Waals surface area contributed by atoms with Crippen LogP contribution in [-0.4, -0.2) is 12.0 Å². The van der Waals surface area contributed by atoms with Crippen molar-refractivity contribution < 1.29 is 9.53 Å². The Morgan fingerprint density at radius 1 is 1.50 bits per heavy atom. The van der Waals surface area contributed by atoms with Crippen LogP contribution in [0.2, 0.25) is 0 Å². The zero-order chi connectivity index (χ0) is 10.1. The van der Waals surface area contributed by atoms with Gasteiger partial charge in [0.2, 0.25) is 0 Å². The summed E-state index contributed by atoms with van der Waals surface area (Å²) in [7, 11) is 0. The van der Waals surface area contributed by atoms with E-state index in [0.717, 1.165) is 17.0 Å². The minimum atomic E-state index is -0.342. The number of amides is 1. The first-order valence-corrected chi connectivity index (χ1v) is 4.79.